The van der Waals surface area contributed by atoms with E-state index in [4.69, 9.17) is 4.74 Å². The molecule has 0 radical (unpaired) electrons. The van der Waals surface area contributed by atoms with E-state index in [9.17, 15) is 13.2 Å². The van der Waals surface area contributed by atoms with Gasteiger partial charge in [-0.3, -0.25) is 0 Å². The second-order valence-electron chi connectivity index (χ2n) is 7.36. The van der Waals surface area contributed by atoms with Crippen molar-refractivity contribution in [1.82, 2.24) is 9.80 Å². The lowest BCUT2D eigenvalue weighted by molar-refractivity contribution is -0.137. The molecule has 1 saturated carbocycles. The molecule has 1 saturated heterocycles. The van der Waals surface area contributed by atoms with E-state index in [1.807, 2.05) is 0 Å². The first-order valence-electron chi connectivity index (χ1n) is 8.44. The van der Waals surface area contributed by atoms with Crippen molar-refractivity contribution in [1.29, 1.82) is 0 Å². The summed E-state index contributed by atoms with van der Waals surface area (Å²) in [5.41, 5.74) is -0.651. The zero-order chi connectivity index (χ0) is 17.5. The van der Waals surface area contributed by atoms with Crippen LogP contribution in [0.25, 0.3) is 0 Å². The Morgan fingerprint density at radius 3 is 2.58 bits per heavy atom. The molecule has 24 heavy (non-hydrogen) atoms. The van der Waals surface area contributed by atoms with Gasteiger partial charge in [0.25, 0.3) is 0 Å². The molecule has 1 heterocycles. The SMILES string of the molecule is CN1CC2CCC(N(C)C)C(C1)C2Oc1cccc(C(F)(F)F)c1. The molecular formula is C18H25F3N2O. The lowest BCUT2D eigenvalue weighted by atomic mass is 9.72. The molecule has 0 amide bonds. The molecule has 0 N–H and O–H groups in total. The first-order valence-corrected chi connectivity index (χ1v) is 8.44. The molecule has 1 aromatic rings. The molecule has 1 aliphatic carbocycles. The maximum absolute atomic E-state index is 12.9. The Kier molecular flexibility index (Phi) is 4.80. The minimum atomic E-state index is -4.34. The van der Waals surface area contributed by atoms with Gasteiger partial charge in [0.2, 0.25) is 0 Å². The summed E-state index contributed by atoms with van der Waals surface area (Å²) in [5, 5.41) is 0. The van der Waals surface area contributed by atoms with E-state index in [0.29, 0.717) is 23.6 Å². The second-order valence-corrected chi connectivity index (χ2v) is 7.36. The fourth-order valence-electron chi connectivity index (χ4n) is 4.31. The summed E-state index contributed by atoms with van der Waals surface area (Å²) in [5.74, 6) is 1.01. The van der Waals surface area contributed by atoms with E-state index in [0.717, 1.165) is 38.1 Å². The van der Waals surface area contributed by atoms with Crippen molar-refractivity contribution in [2.45, 2.75) is 31.2 Å². The Bertz CT molecular complexity index is 576. The number of rotatable bonds is 3. The van der Waals surface area contributed by atoms with Gasteiger partial charge in [0.15, 0.2) is 0 Å². The van der Waals surface area contributed by atoms with Crippen LogP contribution in [0, 0.1) is 11.8 Å². The van der Waals surface area contributed by atoms with Crippen molar-refractivity contribution in [2.75, 3.05) is 34.2 Å². The number of fused-ring (bicyclic) bond motifs is 2. The van der Waals surface area contributed by atoms with E-state index < -0.39 is 11.7 Å². The monoisotopic (exact) mass is 342 g/mol. The molecule has 134 valence electrons. The van der Waals surface area contributed by atoms with Crippen molar-refractivity contribution in [3.8, 4) is 5.75 Å². The molecule has 4 atom stereocenters. The van der Waals surface area contributed by atoms with Gasteiger partial charge in [-0.15, -0.1) is 0 Å². The minimum absolute atomic E-state index is 0.0224. The van der Waals surface area contributed by atoms with Crippen molar-refractivity contribution < 1.29 is 17.9 Å². The predicted octanol–water partition coefficient (Wildman–Crippen LogP) is 3.35. The number of hydrogen-bond donors (Lipinski definition) is 0. The van der Waals surface area contributed by atoms with Crippen molar-refractivity contribution >= 4 is 0 Å². The molecule has 3 rings (SSSR count). The standard InChI is InChI=1S/C18H25F3N2O/c1-22(2)16-8-7-12-10-23(3)11-15(16)17(12)24-14-6-4-5-13(9-14)18(19,20)21/h4-6,9,12,15-17H,7-8,10-11H2,1-3H3. The third kappa shape index (κ3) is 3.54. The minimum Gasteiger partial charge on any atom is -0.490 e. The maximum Gasteiger partial charge on any atom is 0.416 e. The molecule has 2 fully saturated rings. The van der Waals surface area contributed by atoms with Crippen LogP contribution >= 0.6 is 0 Å². The Morgan fingerprint density at radius 1 is 1.17 bits per heavy atom. The van der Waals surface area contributed by atoms with Crippen LogP contribution in [0.1, 0.15) is 18.4 Å². The average molecular weight is 342 g/mol. The van der Waals surface area contributed by atoms with Crippen LogP contribution in [0.4, 0.5) is 13.2 Å². The zero-order valence-corrected chi connectivity index (χ0v) is 14.4. The van der Waals surface area contributed by atoms with Crippen LogP contribution in [-0.2, 0) is 6.18 Å². The topological polar surface area (TPSA) is 15.7 Å². The highest BCUT2D eigenvalue weighted by atomic mass is 19.4. The lowest BCUT2D eigenvalue weighted by Crippen LogP contribution is -2.60. The molecular weight excluding hydrogens is 317 g/mol. The number of hydrogen-bond acceptors (Lipinski definition) is 3. The number of likely N-dealkylation sites (tertiary alicyclic amines) is 1. The van der Waals surface area contributed by atoms with Crippen LogP contribution in [0.5, 0.6) is 5.75 Å². The largest absolute Gasteiger partial charge is 0.490 e. The van der Waals surface area contributed by atoms with E-state index in [1.165, 1.54) is 6.07 Å². The highest BCUT2D eigenvalue weighted by molar-refractivity contribution is 5.30. The number of ether oxygens (including phenoxy) is 1. The Labute approximate surface area is 141 Å². The van der Waals surface area contributed by atoms with Crippen LogP contribution < -0.4 is 4.74 Å². The normalized spacial score (nSPS) is 31.3. The van der Waals surface area contributed by atoms with Crippen LogP contribution in [-0.4, -0.2) is 56.2 Å². The van der Waals surface area contributed by atoms with Crippen molar-refractivity contribution in [2.24, 2.45) is 11.8 Å². The van der Waals surface area contributed by atoms with Gasteiger partial charge in [-0.25, -0.2) is 0 Å². The quantitative estimate of drug-likeness (QED) is 0.838. The zero-order valence-electron chi connectivity index (χ0n) is 14.4. The number of alkyl halides is 3. The summed E-state index contributed by atoms with van der Waals surface area (Å²) in [7, 11) is 6.25. The van der Waals surface area contributed by atoms with Gasteiger partial charge in [0, 0.05) is 31.0 Å². The highest BCUT2D eigenvalue weighted by Gasteiger charge is 2.46. The van der Waals surface area contributed by atoms with E-state index in [-0.39, 0.29) is 6.10 Å². The fraction of sp³-hybridized carbons (Fsp3) is 0.667. The Hall–Kier alpha value is -1.27. The van der Waals surface area contributed by atoms with Crippen LogP contribution in [0.15, 0.2) is 24.3 Å². The molecule has 0 aromatic heterocycles. The summed E-state index contributed by atoms with van der Waals surface area (Å²) in [4.78, 5) is 4.54. The van der Waals surface area contributed by atoms with Gasteiger partial charge in [0.1, 0.15) is 11.9 Å². The van der Waals surface area contributed by atoms with Gasteiger partial charge in [-0.05, 0) is 52.2 Å². The first kappa shape index (κ1) is 17.5. The summed E-state index contributed by atoms with van der Waals surface area (Å²) in [6.45, 7) is 1.86. The molecule has 0 spiro atoms. The third-order valence-corrected chi connectivity index (χ3v) is 5.38. The summed E-state index contributed by atoms with van der Waals surface area (Å²) >= 11 is 0. The molecule has 2 bridgehead atoms. The predicted molar refractivity (Wildman–Crippen MR) is 87.0 cm³/mol. The molecule has 6 heteroatoms. The lowest BCUT2D eigenvalue weighted by Gasteiger charge is -2.51. The first-order chi connectivity index (χ1) is 11.3. The number of halogens is 3. The van der Waals surface area contributed by atoms with Gasteiger partial charge < -0.3 is 14.5 Å². The smallest absolute Gasteiger partial charge is 0.416 e. The third-order valence-electron chi connectivity index (χ3n) is 5.38. The molecule has 1 aromatic carbocycles. The van der Waals surface area contributed by atoms with Gasteiger partial charge in [-0.2, -0.15) is 13.2 Å². The average Bonchev–Trinajstić information content (AvgIpc) is 2.47. The molecule has 4 unspecified atom stereocenters. The summed E-state index contributed by atoms with van der Waals surface area (Å²) < 4.78 is 44.9. The van der Waals surface area contributed by atoms with Crippen LogP contribution in [0.3, 0.4) is 0 Å². The van der Waals surface area contributed by atoms with Gasteiger partial charge in [0.05, 0.1) is 5.56 Å². The fourth-order valence-corrected chi connectivity index (χ4v) is 4.31. The number of nitrogens with zero attached hydrogens (tertiary/aromatic N) is 2. The number of piperidine rings is 1. The number of benzene rings is 1. The van der Waals surface area contributed by atoms with Gasteiger partial charge >= 0.3 is 6.18 Å². The molecule has 2 aliphatic rings. The van der Waals surface area contributed by atoms with Crippen molar-refractivity contribution in [3.05, 3.63) is 29.8 Å². The van der Waals surface area contributed by atoms with Crippen LogP contribution in [0.2, 0.25) is 0 Å². The Balaban J connectivity index is 1.83. The molecule has 1 aliphatic heterocycles. The summed E-state index contributed by atoms with van der Waals surface area (Å²) in [6.07, 6.45) is -2.19. The van der Waals surface area contributed by atoms with Crippen molar-refractivity contribution in [3.63, 3.8) is 0 Å². The summed E-state index contributed by atoms with van der Waals surface area (Å²) in [6, 6.07) is 5.67. The van der Waals surface area contributed by atoms with E-state index in [1.54, 1.807) is 6.07 Å². The van der Waals surface area contributed by atoms with Gasteiger partial charge in [-0.1, -0.05) is 6.07 Å². The second kappa shape index (κ2) is 6.56. The van der Waals surface area contributed by atoms with E-state index in [2.05, 4.69) is 30.9 Å². The highest BCUT2D eigenvalue weighted by Crippen LogP contribution is 2.39. The van der Waals surface area contributed by atoms with E-state index >= 15 is 0 Å². The Morgan fingerprint density at radius 2 is 1.92 bits per heavy atom. The maximum atomic E-state index is 12.9. The molecule has 3 nitrogen and oxygen atoms in total.